The second kappa shape index (κ2) is 14.9. The average molecular weight is 363 g/mol. The lowest BCUT2D eigenvalue weighted by atomic mass is 9.93. The molecule has 0 fully saturated rings. The monoisotopic (exact) mass is 362 g/mol. The molecule has 0 amide bonds. The van der Waals surface area contributed by atoms with Gasteiger partial charge in [0.25, 0.3) is 0 Å². The molecule has 1 unspecified atom stereocenters. The molecule has 0 aliphatic carbocycles. The summed E-state index contributed by atoms with van der Waals surface area (Å²) in [5.41, 5.74) is 0.875. The van der Waals surface area contributed by atoms with E-state index in [9.17, 15) is 10.2 Å². The minimum atomic E-state index is 0.241. The summed E-state index contributed by atoms with van der Waals surface area (Å²) >= 11 is 0. The molecule has 2 nitrogen and oxygen atoms in total. The van der Waals surface area contributed by atoms with Crippen LogP contribution in [-0.4, -0.2) is 10.2 Å². The Kier molecular flexibility index (Phi) is 13.1. The second-order valence-electron chi connectivity index (χ2n) is 8.03. The van der Waals surface area contributed by atoms with Crippen molar-refractivity contribution in [3.05, 3.63) is 23.8 Å². The van der Waals surface area contributed by atoms with E-state index in [0.29, 0.717) is 11.7 Å². The Hall–Kier alpha value is -1.18. The summed E-state index contributed by atoms with van der Waals surface area (Å²) in [4.78, 5) is 0. The number of rotatable bonds is 16. The standard InChI is InChI=1S/C24H42O2/c1-3-4-5-6-7-8-9-10-11-12-13-14-15-16-17-21(2)23-20-22(25)18-19-24(23)26/h18-21,25-26H,3-17H2,1-2H3. The van der Waals surface area contributed by atoms with E-state index in [1.807, 2.05) is 0 Å². The highest BCUT2D eigenvalue weighted by Gasteiger charge is 2.10. The summed E-state index contributed by atoms with van der Waals surface area (Å²) in [5, 5.41) is 19.5. The van der Waals surface area contributed by atoms with Gasteiger partial charge in [-0.25, -0.2) is 0 Å². The fourth-order valence-corrected chi connectivity index (χ4v) is 3.74. The Morgan fingerprint density at radius 1 is 0.692 bits per heavy atom. The SMILES string of the molecule is CCCCCCCCCCCCCCCCC(C)c1cc(O)ccc1O. The van der Waals surface area contributed by atoms with Crippen LogP contribution in [0, 0.1) is 0 Å². The zero-order valence-corrected chi connectivity index (χ0v) is 17.3. The summed E-state index contributed by atoms with van der Waals surface area (Å²) in [5.74, 6) is 0.852. The summed E-state index contributed by atoms with van der Waals surface area (Å²) in [6.45, 7) is 4.41. The molecular weight excluding hydrogens is 320 g/mol. The van der Waals surface area contributed by atoms with Crippen LogP contribution < -0.4 is 0 Å². The second-order valence-corrected chi connectivity index (χ2v) is 8.03. The van der Waals surface area contributed by atoms with Crippen molar-refractivity contribution in [2.75, 3.05) is 0 Å². The number of phenols is 2. The lowest BCUT2D eigenvalue weighted by Gasteiger charge is -2.13. The number of unbranched alkanes of at least 4 members (excludes halogenated alkanes) is 13. The van der Waals surface area contributed by atoms with Gasteiger partial charge in [0.15, 0.2) is 0 Å². The highest BCUT2D eigenvalue weighted by molar-refractivity contribution is 5.40. The van der Waals surface area contributed by atoms with E-state index in [1.165, 1.54) is 96.0 Å². The van der Waals surface area contributed by atoms with Crippen LogP contribution in [0.15, 0.2) is 18.2 Å². The zero-order valence-electron chi connectivity index (χ0n) is 17.3. The maximum Gasteiger partial charge on any atom is 0.119 e. The molecule has 0 aliphatic rings. The summed E-state index contributed by atoms with van der Waals surface area (Å²) in [6.07, 6.45) is 20.4. The Morgan fingerprint density at radius 3 is 1.65 bits per heavy atom. The first-order valence-corrected chi connectivity index (χ1v) is 11.2. The first-order valence-electron chi connectivity index (χ1n) is 11.2. The van der Waals surface area contributed by atoms with Crippen molar-refractivity contribution >= 4 is 0 Å². The average Bonchev–Trinajstić information content (AvgIpc) is 2.63. The van der Waals surface area contributed by atoms with E-state index in [-0.39, 0.29) is 5.75 Å². The van der Waals surface area contributed by atoms with Gasteiger partial charge in [-0.3, -0.25) is 0 Å². The van der Waals surface area contributed by atoms with Gasteiger partial charge in [0.1, 0.15) is 11.5 Å². The van der Waals surface area contributed by atoms with Crippen LogP contribution in [0.5, 0.6) is 11.5 Å². The lowest BCUT2D eigenvalue weighted by Crippen LogP contribution is -1.94. The fourth-order valence-electron chi connectivity index (χ4n) is 3.74. The number of aromatic hydroxyl groups is 2. The van der Waals surface area contributed by atoms with Gasteiger partial charge in [-0.2, -0.15) is 0 Å². The van der Waals surface area contributed by atoms with Crippen molar-refractivity contribution in [3.63, 3.8) is 0 Å². The van der Waals surface area contributed by atoms with Gasteiger partial charge in [0.2, 0.25) is 0 Å². The lowest BCUT2D eigenvalue weighted by molar-refractivity contribution is 0.445. The molecule has 1 rings (SSSR count). The first kappa shape index (κ1) is 22.9. The van der Waals surface area contributed by atoms with Crippen LogP contribution in [0.3, 0.4) is 0 Å². The van der Waals surface area contributed by atoms with Crippen molar-refractivity contribution in [1.82, 2.24) is 0 Å². The third kappa shape index (κ3) is 10.7. The van der Waals surface area contributed by atoms with Gasteiger partial charge >= 0.3 is 0 Å². The van der Waals surface area contributed by atoms with Crippen molar-refractivity contribution in [3.8, 4) is 11.5 Å². The van der Waals surface area contributed by atoms with E-state index in [1.54, 1.807) is 12.1 Å². The third-order valence-electron chi connectivity index (χ3n) is 5.53. The van der Waals surface area contributed by atoms with E-state index >= 15 is 0 Å². The molecule has 0 heterocycles. The van der Waals surface area contributed by atoms with Gasteiger partial charge in [-0.1, -0.05) is 104 Å². The quantitative estimate of drug-likeness (QED) is 0.230. The maximum absolute atomic E-state index is 9.91. The third-order valence-corrected chi connectivity index (χ3v) is 5.53. The molecule has 1 aromatic rings. The number of benzene rings is 1. The molecule has 0 aromatic heterocycles. The Bertz CT molecular complexity index is 456. The molecule has 2 N–H and O–H groups in total. The van der Waals surface area contributed by atoms with Crippen LogP contribution in [0.25, 0.3) is 0 Å². The van der Waals surface area contributed by atoms with Crippen LogP contribution in [-0.2, 0) is 0 Å². The van der Waals surface area contributed by atoms with Gasteiger partial charge in [0.05, 0.1) is 0 Å². The van der Waals surface area contributed by atoms with Crippen molar-refractivity contribution in [2.45, 2.75) is 116 Å². The van der Waals surface area contributed by atoms with E-state index < -0.39 is 0 Å². The first-order chi connectivity index (χ1) is 12.6. The molecule has 0 bridgehead atoms. The van der Waals surface area contributed by atoms with Crippen LogP contribution in [0.4, 0.5) is 0 Å². The number of phenolic OH excluding ortho intramolecular Hbond substituents is 2. The van der Waals surface area contributed by atoms with Gasteiger partial charge in [0, 0.05) is 5.56 Å². The van der Waals surface area contributed by atoms with Gasteiger partial charge in [-0.15, -0.1) is 0 Å². The Balaban J connectivity index is 1.91. The Morgan fingerprint density at radius 2 is 1.15 bits per heavy atom. The van der Waals surface area contributed by atoms with E-state index in [4.69, 9.17) is 0 Å². The van der Waals surface area contributed by atoms with Crippen molar-refractivity contribution < 1.29 is 10.2 Å². The summed E-state index contributed by atoms with van der Waals surface area (Å²) < 4.78 is 0. The molecule has 2 heteroatoms. The van der Waals surface area contributed by atoms with E-state index in [0.717, 1.165) is 12.0 Å². The highest BCUT2D eigenvalue weighted by Crippen LogP contribution is 2.32. The molecule has 26 heavy (non-hydrogen) atoms. The molecule has 0 saturated heterocycles. The molecule has 150 valence electrons. The Labute approximate surface area is 162 Å². The molecule has 1 atom stereocenters. The van der Waals surface area contributed by atoms with Gasteiger partial charge < -0.3 is 10.2 Å². The van der Waals surface area contributed by atoms with Crippen LogP contribution in [0.1, 0.15) is 122 Å². The molecule has 0 spiro atoms. The van der Waals surface area contributed by atoms with Gasteiger partial charge in [-0.05, 0) is 30.5 Å². The normalized spacial score (nSPS) is 12.4. The number of hydrogen-bond acceptors (Lipinski definition) is 2. The molecular formula is C24H42O2. The minimum Gasteiger partial charge on any atom is -0.508 e. The number of hydrogen-bond donors (Lipinski definition) is 2. The van der Waals surface area contributed by atoms with Crippen LogP contribution >= 0.6 is 0 Å². The predicted molar refractivity (Wildman–Crippen MR) is 113 cm³/mol. The van der Waals surface area contributed by atoms with Crippen LogP contribution in [0.2, 0.25) is 0 Å². The molecule has 0 saturated carbocycles. The fraction of sp³-hybridized carbons (Fsp3) is 0.750. The minimum absolute atomic E-state index is 0.241. The molecule has 0 radical (unpaired) electrons. The smallest absolute Gasteiger partial charge is 0.119 e. The van der Waals surface area contributed by atoms with E-state index in [2.05, 4.69) is 13.8 Å². The summed E-state index contributed by atoms with van der Waals surface area (Å²) in [6, 6.07) is 4.83. The molecule has 1 aromatic carbocycles. The largest absolute Gasteiger partial charge is 0.508 e. The topological polar surface area (TPSA) is 40.5 Å². The molecule has 0 aliphatic heterocycles. The summed E-state index contributed by atoms with van der Waals surface area (Å²) in [7, 11) is 0. The van der Waals surface area contributed by atoms with Crippen molar-refractivity contribution in [2.24, 2.45) is 0 Å². The van der Waals surface area contributed by atoms with Crippen molar-refractivity contribution in [1.29, 1.82) is 0 Å². The zero-order chi connectivity index (χ0) is 19.0. The highest BCUT2D eigenvalue weighted by atomic mass is 16.3. The maximum atomic E-state index is 9.91. The predicted octanol–water partition coefficient (Wildman–Crippen LogP) is 8.07.